The van der Waals surface area contributed by atoms with Gasteiger partial charge in [0.1, 0.15) is 0 Å². The highest BCUT2D eigenvalue weighted by Crippen LogP contribution is 2.13. The lowest BCUT2D eigenvalue weighted by molar-refractivity contribution is -0.306. The van der Waals surface area contributed by atoms with Crippen molar-refractivity contribution < 1.29 is 20.0 Å². The summed E-state index contributed by atoms with van der Waals surface area (Å²) in [7, 11) is 0. The van der Waals surface area contributed by atoms with Gasteiger partial charge >= 0.3 is 0 Å². The molecular formula is C5H10O4. The standard InChI is InChI=1S/C5H10O4/c6-5-3-4(9-7)1-2-8-5/h4-7H,1-3H2. The Hall–Kier alpha value is -0.160. The number of aliphatic hydroxyl groups excluding tert-OH is 1. The summed E-state index contributed by atoms with van der Waals surface area (Å²) in [6, 6.07) is 0. The maximum absolute atomic E-state index is 8.80. The molecule has 4 nitrogen and oxygen atoms in total. The van der Waals surface area contributed by atoms with E-state index in [0.29, 0.717) is 19.4 Å². The van der Waals surface area contributed by atoms with Crippen LogP contribution in [-0.2, 0) is 9.62 Å². The third kappa shape index (κ3) is 1.91. The predicted molar refractivity (Wildman–Crippen MR) is 28.7 cm³/mol. The molecule has 1 aliphatic rings. The van der Waals surface area contributed by atoms with E-state index >= 15 is 0 Å². The summed E-state index contributed by atoms with van der Waals surface area (Å²) in [5, 5.41) is 16.9. The van der Waals surface area contributed by atoms with Crippen molar-refractivity contribution in [2.45, 2.75) is 25.2 Å². The first-order valence-corrected chi connectivity index (χ1v) is 2.93. The van der Waals surface area contributed by atoms with Crippen molar-refractivity contribution in [2.24, 2.45) is 0 Å². The lowest BCUT2D eigenvalue weighted by Crippen LogP contribution is -2.29. The molecule has 1 rings (SSSR count). The van der Waals surface area contributed by atoms with Crippen LogP contribution < -0.4 is 0 Å². The first-order valence-electron chi connectivity index (χ1n) is 2.93. The van der Waals surface area contributed by atoms with E-state index in [1.54, 1.807) is 0 Å². The maximum atomic E-state index is 8.80. The zero-order valence-electron chi connectivity index (χ0n) is 4.99. The Bertz CT molecular complexity index is 85.0. The minimum absolute atomic E-state index is 0.256. The topological polar surface area (TPSA) is 58.9 Å². The van der Waals surface area contributed by atoms with Crippen molar-refractivity contribution >= 4 is 0 Å². The van der Waals surface area contributed by atoms with Crippen LogP contribution in [0.5, 0.6) is 0 Å². The average Bonchev–Trinajstić information content (AvgIpc) is 1.88. The minimum atomic E-state index is -0.768. The zero-order chi connectivity index (χ0) is 6.69. The Morgan fingerprint density at radius 1 is 1.56 bits per heavy atom. The van der Waals surface area contributed by atoms with Crippen molar-refractivity contribution in [1.29, 1.82) is 0 Å². The smallest absolute Gasteiger partial charge is 0.157 e. The van der Waals surface area contributed by atoms with Gasteiger partial charge < -0.3 is 9.84 Å². The Morgan fingerprint density at radius 3 is 2.78 bits per heavy atom. The molecule has 0 aromatic rings. The Labute approximate surface area is 52.9 Å². The molecule has 2 unspecified atom stereocenters. The summed E-state index contributed by atoms with van der Waals surface area (Å²) in [5.41, 5.74) is 0. The van der Waals surface area contributed by atoms with E-state index in [-0.39, 0.29) is 6.10 Å². The molecule has 0 radical (unpaired) electrons. The third-order valence-corrected chi connectivity index (χ3v) is 1.36. The number of hydrogen-bond acceptors (Lipinski definition) is 4. The van der Waals surface area contributed by atoms with Crippen molar-refractivity contribution in [3.63, 3.8) is 0 Å². The van der Waals surface area contributed by atoms with Crippen molar-refractivity contribution in [3.05, 3.63) is 0 Å². The average molecular weight is 134 g/mol. The highest BCUT2D eigenvalue weighted by molar-refractivity contribution is 4.62. The second kappa shape index (κ2) is 3.12. The molecule has 1 fully saturated rings. The van der Waals surface area contributed by atoms with Crippen LogP contribution in [0.4, 0.5) is 0 Å². The van der Waals surface area contributed by atoms with Gasteiger partial charge in [-0.1, -0.05) is 0 Å². The van der Waals surface area contributed by atoms with E-state index in [1.807, 2.05) is 0 Å². The summed E-state index contributed by atoms with van der Waals surface area (Å²) in [6.45, 7) is 0.451. The van der Waals surface area contributed by atoms with E-state index in [1.165, 1.54) is 0 Å². The van der Waals surface area contributed by atoms with E-state index in [2.05, 4.69) is 4.89 Å². The van der Waals surface area contributed by atoms with Gasteiger partial charge in [-0.2, -0.15) is 0 Å². The molecule has 0 spiro atoms. The summed E-state index contributed by atoms with van der Waals surface area (Å²) in [4.78, 5) is 4.02. The van der Waals surface area contributed by atoms with Crippen LogP contribution in [0.1, 0.15) is 12.8 Å². The van der Waals surface area contributed by atoms with E-state index in [9.17, 15) is 0 Å². The van der Waals surface area contributed by atoms with Gasteiger partial charge in [-0.05, 0) is 0 Å². The fourth-order valence-corrected chi connectivity index (χ4v) is 0.842. The van der Waals surface area contributed by atoms with Crippen LogP contribution in [0.3, 0.4) is 0 Å². The molecule has 9 heavy (non-hydrogen) atoms. The highest BCUT2D eigenvalue weighted by atomic mass is 17.1. The number of aliphatic hydroxyl groups is 1. The van der Waals surface area contributed by atoms with Crippen molar-refractivity contribution in [3.8, 4) is 0 Å². The molecule has 54 valence electrons. The predicted octanol–water partition coefficient (Wildman–Crippen LogP) is -0.0266. The molecule has 0 aromatic heterocycles. The molecule has 0 aromatic carbocycles. The summed E-state index contributed by atoms with van der Waals surface area (Å²) in [5.74, 6) is 0. The zero-order valence-corrected chi connectivity index (χ0v) is 4.99. The molecule has 1 aliphatic heterocycles. The van der Waals surface area contributed by atoms with Gasteiger partial charge in [0.05, 0.1) is 12.7 Å². The Kier molecular flexibility index (Phi) is 2.41. The molecule has 1 saturated heterocycles. The van der Waals surface area contributed by atoms with E-state index < -0.39 is 6.29 Å². The van der Waals surface area contributed by atoms with E-state index in [4.69, 9.17) is 15.1 Å². The summed E-state index contributed by atoms with van der Waals surface area (Å²) < 4.78 is 4.77. The largest absolute Gasteiger partial charge is 0.368 e. The monoisotopic (exact) mass is 134 g/mol. The quantitative estimate of drug-likeness (QED) is 0.390. The number of hydrogen-bond donors (Lipinski definition) is 2. The lowest BCUT2D eigenvalue weighted by atomic mass is 10.1. The molecule has 0 aliphatic carbocycles. The molecule has 4 heteroatoms. The van der Waals surface area contributed by atoms with Gasteiger partial charge in [0.15, 0.2) is 6.29 Å². The molecular weight excluding hydrogens is 124 g/mol. The molecule has 0 bridgehead atoms. The number of rotatable bonds is 1. The normalized spacial score (nSPS) is 36.7. The molecule has 2 atom stereocenters. The molecule has 0 saturated carbocycles. The van der Waals surface area contributed by atoms with Crippen LogP contribution in [0, 0.1) is 0 Å². The van der Waals surface area contributed by atoms with Gasteiger partial charge in [0.2, 0.25) is 0 Å². The van der Waals surface area contributed by atoms with Crippen LogP contribution in [0.2, 0.25) is 0 Å². The minimum Gasteiger partial charge on any atom is -0.368 e. The van der Waals surface area contributed by atoms with Gasteiger partial charge in [-0.15, -0.1) is 0 Å². The van der Waals surface area contributed by atoms with Gasteiger partial charge in [0, 0.05) is 12.8 Å². The molecule has 1 heterocycles. The third-order valence-electron chi connectivity index (χ3n) is 1.36. The molecule has 0 amide bonds. The van der Waals surface area contributed by atoms with Crippen LogP contribution >= 0.6 is 0 Å². The first-order chi connectivity index (χ1) is 4.33. The Balaban J connectivity index is 2.23. The molecule has 2 N–H and O–H groups in total. The van der Waals surface area contributed by atoms with Gasteiger partial charge in [-0.25, -0.2) is 4.89 Å². The van der Waals surface area contributed by atoms with Crippen molar-refractivity contribution in [2.75, 3.05) is 6.61 Å². The van der Waals surface area contributed by atoms with Crippen LogP contribution in [-0.4, -0.2) is 29.4 Å². The van der Waals surface area contributed by atoms with Gasteiger partial charge in [-0.3, -0.25) is 5.26 Å². The second-order valence-corrected chi connectivity index (χ2v) is 2.08. The fourth-order valence-electron chi connectivity index (χ4n) is 0.842. The first kappa shape index (κ1) is 6.95. The van der Waals surface area contributed by atoms with Crippen LogP contribution in [0.25, 0.3) is 0 Å². The SMILES string of the molecule is OOC1CCOC(O)C1. The highest BCUT2D eigenvalue weighted by Gasteiger charge is 2.20. The summed E-state index contributed by atoms with van der Waals surface area (Å²) in [6.07, 6.45) is -0.0194. The summed E-state index contributed by atoms with van der Waals surface area (Å²) >= 11 is 0. The fraction of sp³-hybridized carbons (Fsp3) is 1.00. The second-order valence-electron chi connectivity index (χ2n) is 2.08. The maximum Gasteiger partial charge on any atom is 0.157 e. The Morgan fingerprint density at radius 2 is 2.33 bits per heavy atom. The lowest BCUT2D eigenvalue weighted by Gasteiger charge is -2.23. The van der Waals surface area contributed by atoms with Crippen LogP contribution in [0.15, 0.2) is 0 Å². The van der Waals surface area contributed by atoms with Gasteiger partial charge in [0.25, 0.3) is 0 Å². The van der Waals surface area contributed by atoms with E-state index in [0.717, 1.165) is 0 Å². The van der Waals surface area contributed by atoms with Crippen molar-refractivity contribution in [1.82, 2.24) is 0 Å². The number of ether oxygens (including phenoxy) is 1.